The fraction of sp³-hybridized carbons (Fsp3) is 0.0417. The van der Waals surface area contributed by atoms with Gasteiger partial charge in [0.1, 0.15) is 5.65 Å². The molecule has 7 nitrogen and oxygen atoms in total. The molecule has 4 rings (SSSR count). The highest BCUT2D eigenvalue weighted by Crippen LogP contribution is 2.25. The van der Waals surface area contributed by atoms with E-state index in [2.05, 4.69) is 20.6 Å². The summed E-state index contributed by atoms with van der Waals surface area (Å²) in [4.78, 5) is 31.7. The highest BCUT2D eigenvalue weighted by Gasteiger charge is 2.12. The van der Waals surface area contributed by atoms with Crippen LogP contribution >= 0.6 is 0 Å². The fourth-order valence-electron chi connectivity index (χ4n) is 3.23. The lowest BCUT2D eigenvalue weighted by Gasteiger charge is -2.08. The van der Waals surface area contributed by atoms with Crippen molar-refractivity contribution in [1.82, 2.24) is 15.3 Å². The van der Waals surface area contributed by atoms with Gasteiger partial charge in [-0.3, -0.25) is 4.79 Å². The molecule has 154 valence electrons. The average molecular weight is 411 g/mol. The van der Waals surface area contributed by atoms with Gasteiger partial charge in [0.15, 0.2) is 0 Å². The van der Waals surface area contributed by atoms with E-state index in [1.54, 1.807) is 24.5 Å². The van der Waals surface area contributed by atoms with Gasteiger partial charge in [-0.25, -0.2) is 9.78 Å². The van der Waals surface area contributed by atoms with Crippen LogP contribution in [0.25, 0.3) is 22.7 Å². The van der Waals surface area contributed by atoms with E-state index in [1.165, 1.54) is 0 Å². The molecule has 7 heteroatoms. The molecule has 0 aliphatic heterocycles. The molecule has 0 bridgehead atoms. The monoisotopic (exact) mass is 411 g/mol. The summed E-state index contributed by atoms with van der Waals surface area (Å²) < 4.78 is 0. The van der Waals surface area contributed by atoms with Crippen LogP contribution in [0.4, 0.5) is 10.5 Å². The van der Waals surface area contributed by atoms with E-state index in [-0.39, 0.29) is 6.03 Å². The van der Waals surface area contributed by atoms with Crippen molar-refractivity contribution in [1.29, 1.82) is 0 Å². The first kappa shape index (κ1) is 19.9. The number of rotatable bonds is 6. The number of nitrogens with one attached hydrogen (secondary N) is 3. The molecule has 0 radical (unpaired) electrons. The van der Waals surface area contributed by atoms with Crippen LogP contribution in [0.15, 0.2) is 79.1 Å². The van der Waals surface area contributed by atoms with Gasteiger partial charge in [-0.05, 0) is 23.3 Å². The standard InChI is InChI=1S/C24H21N5O2/c25-22(30)20(17-9-5-2-6-10-17)11-18-14-26-23-21(18)12-19(15-27-23)29-24(31)28-13-16-7-3-1-4-8-16/h1-12,14-15H,13H2,(H2,25,30)(H,26,27)(H2,28,29,31)/b20-11+. The van der Waals surface area contributed by atoms with Crippen molar-refractivity contribution < 1.29 is 9.59 Å². The number of hydrogen-bond acceptors (Lipinski definition) is 3. The van der Waals surface area contributed by atoms with E-state index < -0.39 is 5.91 Å². The molecule has 0 atom stereocenters. The molecular formula is C24H21N5O2. The lowest BCUT2D eigenvalue weighted by molar-refractivity contribution is -0.112. The number of amides is 3. The maximum absolute atomic E-state index is 12.3. The van der Waals surface area contributed by atoms with Crippen molar-refractivity contribution in [3.63, 3.8) is 0 Å². The maximum atomic E-state index is 12.3. The second-order valence-corrected chi connectivity index (χ2v) is 6.95. The number of primary amides is 1. The first-order chi connectivity index (χ1) is 15.1. The number of benzene rings is 2. The van der Waals surface area contributed by atoms with Gasteiger partial charge in [-0.1, -0.05) is 60.7 Å². The first-order valence-electron chi connectivity index (χ1n) is 9.73. The molecule has 0 saturated carbocycles. The van der Waals surface area contributed by atoms with Crippen molar-refractivity contribution >= 4 is 40.3 Å². The number of nitrogens with two attached hydrogens (primary N) is 1. The summed E-state index contributed by atoms with van der Waals surface area (Å²) in [7, 11) is 0. The maximum Gasteiger partial charge on any atom is 0.319 e. The van der Waals surface area contributed by atoms with Gasteiger partial charge < -0.3 is 21.4 Å². The summed E-state index contributed by atoms with van der Waals surface area (Å²) in [6.07, 6.45) is 5.04. The van der Waals surface area contributed by atoms with E-state index in [1.807, 2.05) is 60.7 Å². The molecule has 31 heavy (non-hydrogen) atoms. The van der Waals surface area contributed by atoms with Crippen molar-refractivity contribution in [2.24, 2.45) is 5.73 Å². The molecule has 0 unspecified atom stereocenters. The second-order valence-electron chi connectivity index (χ2n) is 6.95. The third-order valence-electron chi connectivity index (χ3n) is 4.77. The molecule has 2 aromatic heterocycles. The lowest BCUT2D eigenvalue weighted by Crippen LogP contribution is -2.28. The van der Waals surface area contributed by atoms with Gasteiger partial charge in [0.2, 0.25) is 5.91 Å². The molecule has 0 spiro atoms. The number of carbonyl (C=O) groups excluding carboxylic acids is 2. The predicted molar refractivity (Wildman–Crippen MR) is 122 cm³/mol. The number of anilines is 1. The number of urea groups is 1. The van der Waals surface area contributed by atoms with E-state index in [4.69, 9.17) is 5.73 Å². The van der Waals surface area contributed by atoms with Crippen LogP contribution in [0.5, 0.6) is 0 Å². The Morgan fingerprint density at radius 2 is 1.74 bits per heavy atom. The van der Waals surface area contributed by atoms with Crippen LogP contribution in [-0.2, 0) is 11.3 Å². The third-order valence-corrected chi connectivity index (χ3v) is 4.77. The van der Waals surface area contributed by atoms with Crippen molar-refractivity contribution in [3.8, 4) is 0 Å². The molecule has 0 aliphatic rings. The second kappa shape index (κ2) is 8.96. The molecule has 0 saturated heterocycles. The zero-order valence-electron chi connectivity index (χ0n) is 16.6. The van der Waals surface area contributed by atoms with Crippen LogP contribution in [0.3, 0.4) is 0 Å². The Balaban J connectivity index is 1.56. The SMILES string of the molecule is NC(=O)/C(=C/c1c[nH]c2ncc(NC(=O)NCc3ccccc3)cc12)c1ccccc1. The molecule has 5 N–H and O–H groups in total. The number of hydrogen-bond donors (Lipinski definition) is 4. The molecular weight excluding hydrogens is 390 g/mol. The van der Waals surface area contributed by atoms with Gasteiger partial charge >= 0.3 is 6.03 Å². The number of H-pyrrole nitrogens is 1. The lowest BCUT2D eigenvalue weighted by atomic mass is 10.0. The van der Waals surface area contributed by atoms with Crippen LogP contribution in [-0.4, -0.2) is 21.9 Å². The molecule has 3 amide bonds. The minimum atomic E-state index is -0.525. The number of nitrogens with zero attached hydrogens (tertiary/aromatic N) is 1. The number of aromatic nitrogens is 2. The van der Waals surface area contributed by atoms with Crippen molar-refractivity contribution in [2.75, 3.05) is 5.32 Å². The summed E-state index contributed by atoms with van der Waals surface area (Å²) >= 11 is 0. The van der Waals surface area contributed by atoms with Crippen molar-refractivity contribution in [2.45, 2.75) is 6.54 Å². The Morgan fingerprint density at radius 3 is 2.45 bits per heavy atom. The molecule has 2 heterocycles. The van der Waals surface area contributed by atoms with Gasteiger partial charge in [0, 0.05) is 29.3 Å². The molecule has 2 aromatic carbocycles. The Hall–Kier alpha value is -4.39. The first-order valence-corrected chi connectivity index (χ1v) is 9.73. The van der Waals surface area contributed by atoms with Gasteiger partial charge in [-0.2, -0.15) is 0 Å². The zero-order chi connectivity index (χ0) is 21.6. The Kier molecular flexibility index (Phi) is 5.75. The third kappa shape index (κ3) is 4.79. The summed E-state index contributed by atoms with van der Waals surface area (Å²) in [5, 5.41) is 6.36. The number of fused-ring (bicyclic) bond motifs is 1. The van der Waals surface area contributed by atoms with Crippen molar-refractivity contribution in [3.05, 3.63) is 95.8 Å². The minimum Gasteiger partial charge on any atom is -0.366 e. The fourth-order valence-corrected chi connectivity index (χ4v) is 3.23. The summed E-state index contributed by atoms with van der Waals surface area (Å²) in [5.41, 5.74) is 9.65. The smallest absolute Gasteiger partial charge is 0.319 e. The number of pyridine rings is 1. The van der Waals surface area contributed by atoms with Crippen LogP contribution in [0.1, 0.15) is 16.7 Å². The largest absolute Gasteiger partial charge is 0.366 e. The van der Waals surface area contributed by atoms with E-state index in [0.29, 0.717) is 23.5 Å². The number of aromatic amines is 1. The predicted octanol–water partition coefficient (Wildman–Crippen LogP) is 3.91. The average Bonchev–Trinajstić information content (AvgIpc) is 3.19. The topological polar surface area (TPSA) is 113 Å². The highest BCUT2D eigenvalue weighted by atomic mass is 16.2. The Labute approximate surface area is 179 Å². The Bertz CT molecular complexity index is 1250. The van der Waals surface area contributed by atoms with Crippen LogP contribution in [0.2, 0.25) is 0 Å². The van der Waals surface area contributed by atoms with E-state index >= 15 is 0 Å². The van der Waals surface area contributed by atoms with Gasteiger partial charge in [0.25, 0.3) is 0 Å². The molecule has 0 fully saturated rings. The minimum absolute atomic E-state index is 0.334. The molecule has 0 aliphatic carbocycles. The Morgan fingerprint density at radius 1 is 1.03 bits per heavy atom. The molecule has 4 aromatic rings. The quantitative estimate of drug-likeness (QED) is 0.361. The highest BCUT2D eigenvalue weighted by molar-refractivity contribution is 6.24. The van der Waals surface area contributed by atoms with E-state index in [0.717, 1.165) is 22.1 Å². The summed E-state index contributed by atoms with van der Waals surface area (Å²) in [6, 6.07) is 20.3. The van der Waals surface area contributed by atoms with Gasteiger partial charge in [-0.15, -0.1) is 0 Å². The zero-order valence-corrected chi connectivity index (χ0v) is 16.6. The van der Waals surface area contributed by atoms with Crippen LogP contribution in [0, 0.1) is 0 Å². The normalized spacial score (nSPS) is 11.3. The van der Waals surface area contributed by atoms with E-state index in [9.17, 15) is 9.59 Å². The summed E-state index contributed by atoms with van der Waals surface area (Å²) in [5.74, 6) is -0.525. The van der Waals surface area contributed by atoms with Gasteiger partial charge in [0.05, 0.1) is 11.9 Å². The summed E-state index contributed by atoms with van der Waals surface area (Å²) in [6.45, 7) is 0.416. The van der Waals surface area contributed by atoms with Crippen LogP contribution < -0.4 is 16.4 Å². The number of carbonyl (C=O) groups is 2.